The first kappa shape index (κ1) is 11.9. The lowest BCUT2D eigenvalue weighted by molar-refractivity contribution is 0.481. The van der Waals surface area contributed by atoms with Crippen LogP contribution in [0, 0.1) is 0 Å². The van der Waals surface area contributed by atoms with E-state index in [1.807, 2.05) is 13.8 Å². The normalized spacial score (nSPS) is 22.5. The topological polar surface area (TPSA) is 42.2 Å². The van der Waals surface area contributed by atoms with Crippen molar-refractivity contribution in [2.75, 3.05) is 11.4 Å². The molecule has 0 bridgehead atoms. The summed E-state index contributed by atoms with van der Waals surface area (Å²) in [6.07, 6.45) is 3.91. The SMILES string of the molecule is CC1CCCCN1c1nc(C(C)(C)N)cs1. The van der Waals surface area contributed by atoms with Crippen molar-refractivity contribution in [1.82, 2.24) is 4.98 Å². The van der Waals surface area contributed by atoms with Crippen molar-refractivity contribution in [2.24, 2.45) is 5.73 Å². The molecule has 4 heteroatoms. The quantitative estimate of drug-likeness (QED) is 0.863. The molecule has 1 fully saturated rings. The van der Waals surface area contributed by atoms with Crippen molar-refractivity contribution >= 4 is 16.5 Å². The van der Waals surface area contributed by atoms with Crippen molar-refractivity contribution in [3.8, 4) is 0 Å². The van der Waals surface area contributed by atoms with Gasteiger partial charge in [-0.25, -0.2) is 4.98 Å². The third-order valence-electron chi connectivity index (χ3n) is 3.20. The minimum Gasteiger partial charge on any atom is -0.345 e. The number of nitrogens with two attached hydrogens (primary N) is 1. The molecule has 0 aromatic carbocycles. The van der Waals surface area contributed by atoms with E-state index in [1.165, 1.54) is 19.3 Å². The molecule has 2 N–H and O–H groups in total. The summed E-state index contributed by atoms with van der Waals surface area (Å²) in [4.78, 5) is 7.10. The van der Waals surface area contributed by atoms with Crippen LogP contribution in [-0.4, -0.2) is 17.6 Å². The van der Waals surface area contributed by atoms with Gasteiger partial charge in [0, 0.05) is 18.0 Å². The molecule has 0 aliphatic carbocycles. The zero-order valence-electron chi connectivity index (χ0n) is 10.4. The summed E-state index contributed by atoms with van der Waals surface area (Å²) < 4.78 is 0. The highest BCUT2D eigenvalue weighted by Gasteiger charge is 2.24. The Morgan fingerprint density at radius 1 is 1.50 bits per heavy atom. The molecule has 0 spiro atoms. The molecule has 0 amide bonds. The van der Waals surface area contributed by atoms with Gasteiger partial charge in [-0.1, -0.05) is 0 Å². The number of hydrogen-bond donors (Lipinski definition) is 1. The van der Waals surface area contributed by atoms with Gasteiger partial charge in [0.15, 0.2) is 5.13 Å². The molecule has 90 valence electrons. The van der Waals surface area contributed by atoms with Crippen molar-refractivity contribution < 1.29 is 0 Å². The van der Waals surface area contributed by atoms with Crippen LogP contribution in [0.25, 0.3) is 0 Å². The van der Waals surface area contributed by atoms with Crippen molar-refractivity contribution in [3.63, 3.8) is 0 Å². The number of hydrogen-bond acceptors (Lipinski definition) is 4. The minimum atomic E-state index is -0.326. The zero-order chi connectivity index (χ0) is 11.8. The van der Waals surface area contributed by atoms with Crippen molar-refractivity contribution in [2.45, 2.75) is 51.6 Å². The van der Waals surface area contributed by atoms with Gasteiger partial charge in [0.25, 0.3) is 0 Å². The van der Waals surface area contributed by atoms with Crippen LogP contribution in [0.15, 0.2) is 5.38 Å². The van der Waals surface area contributed by atoms with Crippen LogP contribution >= 0.6 is 11.3 Å². The summed E-state index contributed by atoms with van der Waals surface area (Å²) in [7, 11) is 0. The number of nitrogens with zero attached hydrogens (tertiary/aromatic N) is 2. The Labute approximate surface area is 102 Å². The molecular weight excluding hydrogens is 218 g/mol. The first-order valence-electron chi connectivity index (χ1n) is 6.00. The van der Waals surface area contributed by atoms with Crippen molar-refractivity contribution in [1.29, 1.82) is 0 Å². The van der Waals surface area contributed by atoms with Crippen LogP contribution in [0.3, 0.4) is 0 Å². The lowest BCUT2D eigenvalue weighted by atomic mass is 10.0. The van der Waals surface area contributed by atoms with Crippen molar-refractivity contribution in [3.05, 3.63) is 11.1 Å². The van der Waals surface area contributed by atoms with E-state index in [0.29, 0.717) is 6.04 Å². The first-order valence-corrected chi connectivity index (χ1v) is 6.88. The Balaban J connectivity index is 2.18. The second-order valence-electron chi connectivity index (χ2n) is 5.28. The fourth-order valence-corrected chi connectivity index (χ4v) is 3.21. The van der Waals surface area contributed by atoms with E-state index >= 15 is 0 Å². The molecule has 0 saturated carbocycles. The minimum absolute atomic E-state index is 0.326. The predicted molar refractivity (Wildman–Crippen MR) is 70.0 cm³/mol. The maximum absolute atomic E-state index is 6.06. The van der Waals surface area contributed by atoms with Gasteiger partial charge in [0.2, 0.25) is 0 Å². The van der Waals surface area contributed by atoms with Gasteiger partial charge in [-0.15, -0.1) is 11.3 Å². The largest absolute Gasteiger partial charge is 0.345 e. The highest BCUT2D eigenvalue weighted by Crippen LogP contribution is 2.30. The van der Waals surface area contributed by atoms with E-state index in [2.05, 4.69) is 22.2 Å². The Hall–Kier alpha value is -0.610. The van der Waals surface area contributed by atoms with E-state index in [1.54, 1.807) is 11.3 Å². The van der Waals surface area contributed by atoms with Crippen LogP contribution < -0.4 is 10.6 Å². The Bertz CT molecular complexity index is 353. The third-order valence-corrected chi connectivity index (χ3v) is 4.08. The first-order chi connectivity index (χ1) is 7.48. The fraction of sp³-hybridized carbons (Fsp3) is 0.750. The van der Waals surface area contributed by atoms with Crippen LogP contribution in [0.5, 0.6) is 0 Å². The molecule has 1 saturated heterocycles. The number of piperidine rings is 1. The maximum atomic E-state index is 6.06. The molecule has 1 atom stereocenters. The molecule has 1 unspecified atom stereocenters. The molecule has 1 aromatic rings. The summed E-state index contributed by atoms with van der Waals surface area (Å²) in [5.41, 5.74) is 6.74. The summed E-state index contributed by atoms with van der Waals surface area (Å²) >= 11 is 1.72. The predicted octanol–water partition coefficient (Wildman–Crippen LogP) is 2.72. The monoisotopic (exact) mass is 239 g/mol. The number of anilines is 1. The van der Waals surface area contributed by atoms with Gasteiger partial charge in [-0.2, -0.15) is 0 Å². The third kappa shape index (κ3) is 2.38. The summed E-state index contributed by atoms with van der Waals surface area (Å²) in [6.45, 7) is 7.43. The maximum Gasteiger partial charge on any atom is 0.185 e. The van der Waals surface area contributed by atoms with Gasteiger partial charge >= 0.3 is 0 Å². The molecule has 2 heterocycles. The molecular formula is C12H21N3S. The Morgan fingerprint density at radius 3 is 2.81 bits per heavy atom. The van der Waals surface area contributed by atoms with Crippen LogP contribution in [0.2, 0.25) is 0 Å². The van der Waals surface area contributed by atoms with Gasteiger partial charge in [0.05, 0.1) is 11.2 Å². The average Bonchev–Trinajstić information content (AvgIpc) is 2.66. The number of aromatic nitrogens is 1. The van der Waals surface area contributed by atoms with E-state index in [-0.39, 0.29) is 5.54 Å². The molecule has 3 nitrogen and oxygen atoms in total. The Kier molecular flexibility index (Phi) is 3.22. The highest BCUT2D eigenvalue weighted by molar-refractivity contribution is 7.13. The van der Waals surface area contributed by atoms with Gasteiger partial charge < -0.3 is 10.6 Å². The fourth-order valence-electron chi connectivity index (χ4n) is 2.07. The molecule has 2 rings (SSSR count). The Morgan fingerprint density at radius 2 is 2.25 bits per heavy atom. The van der Waals surface area contributed by atoms with Gasteiger partial charge in [-0.3, -0.25) is 0 Å². The molecule has 0 radical (unpaired) electrons. The van der Waals surface area contributed by atoms with Crippen LogP contribution in [0.4, 0.5) is 5.13 Å². The molecule has 1 aliphatic heterocycles. The average molecular weight is 239 g/mol. The smallest absolute Gasteiger partial charge is 0.185 e. The summed E-state index contributed by atoms with van der Waals surface area (Å²) in [6, 6.07) is 0.619. The summed E-state index contributed by atoms with van der Waals surface area (Å²) in [5, 5.41) is 3.23. The van der Waals surface area contributed by atoms with E-state index in [0.717, 1.165) is 17.4 Å². The van der Waals surface area contributed by atoms with E-state index in [9.17, 15) is 0 Å². The van der Waals surface area contributed by atoms with Gasteiger partial charge in [0.1, 0.15) is 0 Å². The summed E-state index contributed by atoms with van der Waals surface area (Å²) in [5.74, 6) is 0. The number of rotatable bonds is 2. The van der Waals surface area contributed by atoms with Crippen LogP contribution in [0.1, 0.15) is 45.7 Å². The highest BCUT2D eigenvalue weighted by atomic mass is 32.1. The van der Waals surface area contributed by atoms with E-state index in [4.69, 9.17) is 5.73 Å². The zero-order valence-corrected chi connectivity index (χ0v) is 11.2. The second kappa shape index (κ2) is 4.34. The van der Waals surface area contributed by atoms with E-state index < -0.39 is 0 Å². The lowest BCUT2D eigenvalue weighted by Crippen LogP contribution is -2.37. The molecule has 1 aromatic heterocycles. The number of thiazole rings is 1. The molecule has 16 heavy (non-hydrogen) atoms. The second-order valence-corrected chi connectivity index (χ2v) is 6.11. The standard InChI is InChI=1S/C12H21N3S/c1-9-6-4-5-7-15(9)11-14-10(8-16-11)12(2,3)13/h8-9H,4-7,13H2,1-3H3. The van der Waals surface area contributed by atoms with Gasteiger partial charge in [-0.05, 0) is 40.0 Å². The lowest BCUT2D eigenvalue weighted by Gasteiger charge is -2.33. The van der Waals surface area contributed by atoms with Crippen LogP contribution in [-0.2, 0) is 5.54 Å². The molecule has 1 aliphatic rings.